The van der Waals surface area contributed by atoms with Crippen LogP contribution in [0.2, 0.25) is 5.02 Å². The molecule has 1 aliphatic heterocycles. The van der Waals surface area contributed by atoms with Crippen LogP contribution < -0.4 is 15.0 Å². The van der Waals surface area contributed by atoms with Crippen LogP contribution in [-0.4, -0.2) is 24.5 Å². The third-order valence-corrected chi connectivity index (χ3v) is 4.34. The van der Waals surface area contributed by atoms with E-state index in [0.717, 1.165) is 12.1 Å². The maximum Gasteiger partial charge on any atom is 0.255 e. The molecule has 1 N–H and O–H groups in total. The number of nitrogens with zero attached hydrogens (tertiary/aromatic N) is 1. The Bertz CT molecular complexity index is 836. The summed E-state index contributed by atoms with van der Waals surface area (Å²) in [5.41, 5.74) is 1.82. The van der Waals surface area contributed by atoms with Gasteiger partial charge in [-0.15, -0.1) is 0 Å². The Morgan fingerprint density at radius 2 is 2.04 bits per heavy atom. The second-order valence-corrected chi connectivity index (χ2v) is 6.87. The maximum atomic E-state index is 12.5. The lowest BCUT2D eigenvalue weighted by Gasteiger charge is -2.16. The zero-order valence-electron chi connectivity index (χ0n) is 14.8. The van der Waals surface area contributed by atoms with E-state index >= 15 is 0 Å². The van der Waals surface area contributed by atoms with Crippen LogP contribution in [0.4, 0.5) is 11.4 Å². The second kappa shape index (κ2) is 7.79. The van der Waals surface area contributed by atoms with Crippen molar-refractivity contribution in [1.29, 1.82) is 0 Å². The summed E-state index contributed by atoms with van der Waals surface area (Å²) in [6, 6.07) is 12.2. The van der Waals surface area contributed by atoms with E-state index in [1.165, 1.54) is 0 Å². The smallest absolute Gasteiger partial charge is 0.255 e. The van der Waals surface area contributed by atoms with Crippen LogP contribution in [0.5, 0.6) is 5.75 Å². The first-order valence-corrected chi connectivity index (χ1v) is 9.00. The summed E-state index contributed by atoms with van der Waals surface area (Å²) >= 11 is 6.21. The number of carbonyl (C=O) groups excluding carboxylic acids is 2. The molecule has 0 saturated carbocycles. The SMILES string of the molecule is CC(C)Oc1ccc(NC(=O)c2cccc(N3CCCC3=O)c2)cc1Cl. The topological polar surface area (TPSA) is 58.6 Å². The zero-order valence-corrected chi connectivity index (χ0v) is 15.5. The van der Waals surface area contributed by atoms with Crippen LogP contribution in [0.25, 0.3) is 0 Å². The third kappa shape index (κ3) is 4.17. The zero-order chi connectivity index (χ0) is 18.7. The van der Waals surface area contributed by atoms with Gasteiger partial charge in [0.1, 0.15) is 5.75 Å². The fraction of sp³-hybridized carbons (Fsp3) is 0.300. The lowest BCUT2D eigenvalue weighted by Crippen LogP contribution is -2.24. The van der Waals surface area contributed by atoms with Crippen molar-refractivity contribution in [3.05, 3.63) is 53.1 Å². The molecular weight excluding hydrogens is 352 g/mol. The molecule has 2 amide bonds. The highest BCUT2D eigenvalue weighted by atomic mass is 35.5. The summed E-state index contributed by atoms with van der Waals surface area (Å²) < 4.78 is 5.59. The molecule has 0 aromatic heterocycles. The fourth-order valence-electron chi connectivity index (χ4n) is 2.87. The monoisotopic (exact) mass is 372 g/mol. The number of amides is 2. The van der Waals surface area contributed by atoms with Gasteiger partial charge in [-0.25, -0.2) is 0 Å². The van der Waals surface area contributed by atoms with Gasteiger partial charge < -0.3 is 15.0 Å². The molecule has 2 aromatic rings. The normalized spacial score (nSPS) is 14.0. The maximum absolute atomic E-state index is 12.5. The quantitative estimate of drug-likeness (QED) is 0.840. The summed E-state index contributed by atoms with van der Waals surface area (Å²) in [6.07, 6.45) is 1.42. The fourth-order valence-corrected chi connectivity index (χ4v) is 3.09. The van der Waals surface area contributed by atoms with E-state index < -0.39 is 0 Å². The lowest BCUT2D eigenvalue weighted by atomic mass is 10.1. The van der Waals surface area contributed by atoms with Gasteiger partial charge in [0.05, 0.1) is 11.1 Å². The van der Waals surface area contributed by atoms with Crippen molar-refractivity contribution in [2.75, 3.05) is 16.8 Å². The van der Waals surface area contributed by atoms with Gasteiger partial charge in [0.25, 0.3) is 5.91 Å². The van der Waals surface area contributed by atoms with E-state index in [9.17, 15) is 9.59 Å². The van der Waals surface area contributed by atoms with Crippen LogP contribution in [0, 0.1) is 0 Å². The summed E-state index contributed by atoms with van der Waals surface area (Å²) in [5, 5.41) is 3.26. The number of halogens is 1. The summed E-state index contributed by atoms with van der Waals surface area (Å²) in [5.74, 6) is 0.413. The van der Waals surface area contributed by atoms with E-state index in [0.29, 0.717) is 35.0 Å². The lowest BCUT2D eigenvalue weighted by molar-refractivity contribution is -0.117. The van der Waals surface area contributed by atoms with Gasteiger partial charge in [0, 0.05) is 29.9 Å². The summed E-state index contributed by atoms with van der Waals surface area (Å²) in [6.45, 7) is 4.53. The molecule has 1 fully saturated rings. The Morgan fingerprint density at radius 1 is 1.23 bits per heavy atom. The predicted molar refractivity (Wildman–Crippen MR) is 103 cm³/mol. The number of nitrogens with one attached hydrogen (secondary N) is 1. The highest BCUT2D eigenvalue weighted by Crippen LogP contribution is 2.29. The standard InChI is InChI=1S/C20H21ClN2O3/c1-13(2)26-18-9-8-15(12-17(18)21)22-20(25)14-5-3-6-16(11-14)23-10-4-7-19(23)24/h3,5-6,8-9,11-13H,4,7,10H2,1-2H3,(H,22,25). The van der Waals surface area contributed by atoms with Crippen molar-refractivity contribution in [3.63, 3.8) is 0 Å². The van der Waals surface area contributed by atoms with E-state index in [1.807, 2.05) is 19.9 Å². The summed E-state index contributed by atoms with van der Waals surface area (Å²) in [4.78, 5) is 26.2. The molecule has 136 valence electrons. The minimum atomic E-state index is -0.257. The van der Waals surface area contributed by atoms with E-state index in [4.69, 9.17) is 16.3 Å². The van der Waals surface area contributed by atoms with Gasteiger partial charge in [0.2, 0.25) is 5.91 Å². The Balaban J connectivity index is 1.74. The van der Waals surface area contributed by atoms with E-state index in [1.54, 1.807) is 41.3 Å². The molecule has 1 heterocycles. The molecular formula is C20H21ClN2O3. The van der Waals surface area contributed by atoms with Crippen LogP contribution in [0.3, 0.4) is 0 Å². The van der Waals surface area contributed by atoms with Crippen molar-refractivity contribution in [1.82, 2.24) is 0 Å². The first kappa shape index (κ1) is 18.3. The minimum Gasteiger partial charge on any atom is -0.489 e. The number of rotatable bonds is 5. The first-order valence-electron chi connectivity index (χ1n) is 8.62. The summed E-state index contributed by atoms with van der Waals surface area (Å²) in [7, 11) is 0. The Morgan fingerprint density at radius 3 is 2.69 bits per heavy atom. The molecule has 3 rings (SSSR count). The molecule has 0 aliphatic carbocycles. The van der Waals surface area contributed by atoms with Crippen molar-refractivity contribution in [3.8, 4) is 5.75 Å². The molecule has 1 aliphatic rings. The minimum absolute atomic E-state index is 0.0176. The average molecular weight is 373 g/mol. The molecule has 0 atom stereocenters. The van der Waals surface area contributed by atoms with Crippen molar-refractivity contribution in [2.45, 2.75) is 32.8 Å². The second-order valence-electron chi connectivity index (χ2n) is 6.47. The molecule has 26 heavy (non-hydrogen) atoms. The van der Waals surface area contributed by atoms with Gasteiger partial charge >= 0.3 is 0 Å². The van der Waals surface area contributed by atoms with E-state index in [-0.39, 0.29) is 17.9 Å². The average Bonchev–Trinajstić information content (AvgIpc) is 3.03. The van der Waals surface area contributed by atoms with Crippen molar-refractivity contribution < 1.29 is 14.3 Å². The molecule has 0 radical (unpaired) electrons. The van der Waals surface area contributed by atoms with Crippen molar-refractivity contribution in [2.24, 2.45) is 0 Å². The number of anilines is 2. The number of hydrogen-bond donors (Lipinski definition) is 1. The molecule has 2 aromatic carbocycles. The molecule has 6 heteroatoms. The number of hydrogen-bond acceptors (Lipinski definition) is 3. The molecule has 5 nitrogen and oxygen atoms in total. The molecule has 0 unspecified atom stereocenters. The van der Waals surface area contributed by atoms with Gasteiger partial charge in [-0.05, 0) is 56.7 Å². The van der Waals surface area contributed by atoms with Crippen LogP contribution in [0.1, 0.15) is 37.0 Å². The molecule has 0 bridgehead atoms. The van der Waals surface area contributed by atoms with Gasteiger partial charge in [-0.1, -0.05) is 17.7 Å². The predicted octanol–water partition coefficient (Wildman–Crippen LogP) is 4.51. The largest absolute Gasteiger partial charge is 0.489 e. The van der Waals surface area contributed by atoms with Gasteiger partial charge in [-0.2, -0.15) is 0 Å². The van der Waals surface area contributed by atoms with Crippen LogP contribution in [0.15, 0.2) is 42.5 Å². The number of benzene rings is 2. The molecule has 1 saturated heterocycles. The Hall–Kier alpha value is -2.53. The van der Waals surface area contributed by atoms with E-state index in [2.05, 4.69) is 5.32 Å². The number of ether oxygens (including phenoxy) is 1. The van der Waals surface area contributed by atoms with Crippen molar-refractivity contribution >= 4 is 34.8 Å². The Labute approximate surface area is 157 Å². The Kier molecular flexibility index (Phi) is 5.47. The van der Waals surface area contributed by atoms with Crippen LogP contribution >= 0.6 is 11.6 Å². The van der Waals surface area contributed by atoms with Crippen LogP contribution in [-0.2, 0) is 4.79 Å². The molecule has 0 spiro atoms. The van der Waals surface area contributed by atoms with Gasteiger partial charge in [0.15, 0.2) is 0 Å². The third-order valence-electron chi connectivity index (χ3n) is 4.05. The number of carbonyl (C=O) groups is 2. The first-order chi connectivity index (χ1) is 12.4. The van der Waals surface area contributed by atoms with Gasteiger partial charge in [-0.3, -0.25) is 9.59 Å². The highest BCUT2D eigenvalue weighted by molar-refractivity contribution is 6.32. The highest BCUT2D eigenvalue weighted by Gasteiger charge is 2.22.